The van der Waals surface area contributed by atoms with Gasteiger partial charge in [0.05, 0.1) is 7.11 Å². The molecule has 2 amide bonds. The van der Waals surface area contributed by atoms with Crippen molar-refractivity contribution in [2.24, 2.45) is 11.8 Å². The Kier molecular flexibility index (Phi) is 10.7. The van der Waals surface area contributed by atoms with Crippen LogP contribution in [0.25, 0.3) is 0 Å². The van der Waals surface area contributed by atoms with Crippen LogP contribution in [0.1, 0.15) is 59.8 Å². The number of carbonyl (C=O) groups is 2. The Morgan fingerprint density at radius 1 is 1.14 bits per heavy atom. The van der Waals surface area contributed by atoms with Crippen molar-refractivity contribution in [3.8, 4) is 0 Å². The van der Waals surface area contributed by atoms with Crippen LogP contribution >= 0.6 is 0 Å². The molecule has 124 valence electrons. The Morgan fingerprint density at radius 3 is 2.29 bits per heavy atom. The van der Waals surface area contributed by atoms with Crippen LogP contribution in [0.4, 0.5) is 4.79 Å². The van der Waals surface area contributed by atoms with Crippen molar-refractivity contribution in [3.05, 3.63) is 0 Å². The molecule has 0 aliphatic heterocycles. The smallest absolute Gasteiger partial charge is 0.328 e. The summed E-state index contributed by atoms with van der Waals surface area (Å²) < 4.78 is 4.75. The topological polar surface area (TPSA) is 67.4 Å². The first-order valence-corrected chi connectivity index (χ1v) is 8.12. The minimum absolute atomic E-state index is 0.0465. The quantitative estimate of drug-likeness (QED) is 0.609. The van der Waals surface area contributed by atoms with Crippen LogP contribution in [0, 0.1) is 11.8 Å². The van der Waals surface area contributed by atoms with Gasteiger partial charge in [0.2, 0.25) is 0 Å². The van der Waals surface area contributed by atoms with E-state index in [-0.39, 0.29) is 11.9 Å². The van der Waals surface area contributed by atoms with Crippen LogP contribution < -0.4 is 10.6 Å². The van der Waals surface area contributed by atoms with Gasteiger partial charge in [0.1, 0.15) is 6.04 Å². The van der Waals surface area contributed by atoms with Gasteiger partial charge in [-0.3, -0.25) is 0 Å². The van der Waals surface area contributed by atoms with E-state index in [0.717, 1.165) is 19.3 Å². The van der Waals surface area contributed by atoms with Gasteiger partial charge < -0.3 is 15.4 Å². The summed E-state index contributed by atoms with van der Waals surface area (Å²) in [5.41, 5.74) is 0. The summed E-state index contributed by atoms with van der Waals surface area (Å²) in [6.07, 6.45) is 5.32. The number of esters is 1. The Morgan fingerprint density at radius 2 is 1.81 bits per heavy atom. The van der Waals surface area contributed by atoms with Crippen molar-refractivity contribution in [2.45, 2.75) is 65.8 Å². The lowest BCUT2D eigenvalue weighted by atomic mass is 9.99. The van der Waals surface area contributed by atoms with Crippen molar-refractivity contribution in [1.29, 1.82) is 0 Å². The lowest BCUT2D eigenvalue weighted by Crippen LogP contribution is -2.50. The first-order chi connectivity index (χ1) is 9.99. The number of nitrogens with one attached hydrogen (secondary N) is 2. The van der Waals surface area contributed by atoms with Crippen molar-refractivity contribution < 1.29 is 14.3 Å². The van der Waals surface area contributed by atoms with Crippen LogP contribution in [0.2, 0.25) is 0 Å². The molecule has 0 aliphatic rings. The molecule has 3 atom stereocenters. The first-order valence-electron chi connectivity index (χ1n) is 8.12. The number of rotatable bonds is 10. The minimum atomic E-state index is -0.587. The molecule has 0 fully saturated rings. The number of hydrogen-bond donors (Lipinski definition) is 2. The van der Waals surface area contributed by atoms with Crippen molar-refractivity contribution in [1.82, 2.24) is 10.6 Å². The van der Waals surface area contributed by atoms with Gasteiger partial charge in [-0.05, 0) is 18.3 Å². The maximum absolute atomic E-state index is 12.0. The second-order valence-corrected chi connectivity index (χ2v) is 5.66. The molecule has 0 aliphatic carbocycles. The Labute approximate surface area is 129 Å². The fourth-order valence-corrected chi connectivity index (χ4v) is 2.17. The first kappa shape index (κ1) is 19.7. The van der Waals surface area contributed by atoms with Gasteiger partial charge >= 0.3 is 12.0 Å². The highest BCUT2D eigenvalue weighted by molar-refractivity contribution is 5.83. The number of ether oxygens (including phenoxy) is 1. The van der Waals surface area contributed by atoms with E-state index in [9.17, 15) is 9.59 Å². The fraction of sp³-hybridized carbons (Fsp3) is 0.875. The Hall–Kier alpha value is -1.26. The van der Waals surface area contributed by atoms with Gasteiger partial charge in [0, 0.05) is 6.54 Å². The van der Waals surface area contributed by atoms with E-state index in [0.29, 0.717) is 12.5 Å². The van der Waals surface area contributed by atoms with Gasteiger partial charge in [-0.25, -0.2) is 9.59 Å². The predicted molar refractivity (Wildman–Crippen MR) is 85.1 cm³/mol. The SMILES string of the molecule is CCCCC(CC)CNC(=O)NC(C(=O)OC)C(C)CC. The van der Waals surface area contributed by atoms with E-state index < -0.39 is 12.0 Å². The third kappa shape index (κ3) is 7.93. The third-order valence-corrected chi connectivity index (χ3v) is 4.05. The zero-order valence-corrected chi connectivity index (χ0v) is 14.2. The second-order valence-electron chi connectivity index (χ2n) is 5.66. The molecule has 0 saturated heterocycles. The molecule has 0 aromatic heterocycles. The summed E-state index contributed by atoms with van der Waals surface area (Å²) >= 11 is 0. The summed E-state index contributed by atoms with van der Waals surface area (Å²) in [4.78, 5) is 23.7. The van der Waals surface area contributed by atoms with Gasteiger partial charge in [-0.15, -0.1) is 0 Å². The molecule has 0 spiro atoms. The second kappa shape index (κ2) is 11.4. The molecule has 3 unspecified atom stereocenters. The van der Waals surface area contributed by atoms with Crippen molar-refractivity contribution in [3.63, 3.8) is 0 Å². The fourth-order valence-electron chi connectivity index (χ4n) is 2.17. The third-order valence-electron chi connectivity index (χ3n) is 4.05. The molecule has 21 heavy (non-hydrogen) atoms. The average Bonchev–Trinajstić information content (AvgIpc) is 2.51. The largest absolute Gasteiger partial charge is 0.467 e. The van der Waals surface area contributed by atoms with E-state index in [1.807, 2.05) is 13.8 Å². The maximum atomic E-state index is 12.0. The number of amides is 2. The highest BCUT2D eigenvalue weighted by Crippen LogP contribution is 2.12. The van der Waals surface area contributed by atoms with Crippen LogP contribution in [-0.4, -0.2) is 31.7 Å². The summed E-state index contributed by atoms with van der Waals surface area (Å²) in [6, 6.07) is -0.878. The van der Waals surface area contributed by atoms with E-state index in [4.69, 9.17) is 4.74 Å². The number of hydrogen-bond acceptors (Lipinski definition) is 3. The number of carbonyl (C=O) groups excluding carboxylic acids is 2. The van der Waals surface area contributed by atoms with Gasteiger partial charge in [0.25, 0.3) is 0 Å². The van der Waals surface area contributed by atoms with Crippen LogP contribution in [0.15, 0.2) is 0 Å². The summed E-state index contributed by atoms with van der Waals surface area (Å²) in [6.45, 7) is 8.86. The maximum Gasteiger partial charge on any atom is 0.328 e. The normalized spacial score (nSPS) is 14.9. The van der Waals surface area contributed by atoms with Crippen LogP contribution in [0.5, 0.6) is 0 Å². The van der Waals surface area contributed by atoms with Gasteiger partial charge in [-0.1, -0.05) is 53.4 Å². The standard InChI is InChI=1S/C16H32N2O3/c1-6-9-10-13(8-3)11-17-16(20)18-14(12(4)7-2)15(19)21-5/h12-14H,6-11H2,1-5H3,(H2,17,18,20). The number of urea groups is 1. The van der Waals surface area contributed by atoms with Crippen LogP contribution in [0.3, 0.4) is 0 Å². The van der Waals surface area contributed by atoms with E-state index in [1.54, 1.807) is 0 Å². The van der Waals surface area contributed by atoms with Crippen molar-refractivity contribution in [2.75, 3.05) is 13.7 Å². The molecule has 0 bridgehead atoms. The summed E-state index contributed by atoms with van der Waals surface area (Å²) in [5.74, 6) is 0.152. The average molecular weight is 300 g/mol. The molecule has 0 aromatic rings. The van der Waals surface area contributed by atoms with Crippen LogP contribution in [-0.2, 0) is 9.53 Å². The lowest BCUT2D eigenvalue weighted by molar-refractivity contribution is -0.144. The Balaban J connectivity index is 4.33. The highest BCUT2D eigenvalue weighted by Gasteiger charge is 2.26. The van der Waals surface area contributed by atoms with E-state index in [2.05, 4.69) is 24.5 Å². The molecular weight excluding hydrogens is 268 g/mol. The zero-order valence-electron chi connectivity index (χ0n) is 14.2. The zero-order chi connectivity index (χ0) is 16.3. The van der Waals surface area contributed by atoms with Gasteiger partial charge in [-0.2, -0.15) is 0 Å². The lowest BCUT2D eigenvalue weighted by Gasteiger charge is -2.23. The summed E-state index contributed by atoms with van der Waals surface area (Å²) in [7, 11) is 1.34. The monoisotopic (exact) mass is 300 g/mol. The van der Waals surface area contributed by atoms with Crippen molar-refractivity contribution >= 4 is 12.0 Å². The molecular formula is C16H32N2O3. The summed E-state index contributed by atoms with van der Waals surface area (Å²) in [5, 5.41) is 5.60. The molecule has 0 rings (SSSR count). The highest BCUT2D eigenvalue weighted by atomic mass is 16.5. The molecule has 0 radical (unpaired) electrons. The number of methoxy groups -OCH3 is 1. The van der Waals surface area contributed by atoms with Gasteiger partial charge in [0.15, 0.2) is 0 Å². The molecule has 0 heterocycles. The number of unbranched alkanes of at least 4 members (excludes halogenated alkanes) is 1. The minimum Gasteiger partial charge on any atom is -0.467 e. The predicted octanol–water partition coefficient (Wildman–Crippen LogP) is 3.09. The molecule has 0 saturated carbocycles. The molecule has 0 aromatic carbocycles. The molecule has 5 nitrogen and oxygen atoms in total. The Bertz CT molecular complexity index is 308. The molecule has 2 N–H and O–H groups in total. The molecule has 5 heteroatoms. The van der Waals surface area contributed by atoms with E-state index in [1.165, 1.54) is 20.0 Å². The van der Waals surface area contributed by atoms with E-state index >= 15 is 0 Å².